The molecule has 1 heterocycles. The number of aliphatic carboxylic acids is 1. The van der Waals surface area contributed by atoms with Crippen molar-refractivity contribution in [3.8, 4) is 0 Å². The molecule has 94 valence electrons. The summed E-state index contributed by atoms with van der Waals surface area (Å²) in [5.74, 6) is -0.872. The summed E-state index contributed by atoms with van der Waals surface area (Å²) >= 11 is 0. The Labute approximate surface area is 99.0 Å². The van der Waals surface area contributed by atoms with Gasteiger partial charge in [-0.25, -0.2) is 0 Å². The predicted octanol–water partition coefficient (Wildman–Crippen LogP) is 1.36. The molecule has 0 saturated heterocycles. The van der Waals surface area contributed by atoms with Crippen LogP contribution in [0.2, 0.25) is 0 Å². The van der Waals surface area contributed by atoms with E-state index in [0.717, 1.165) is 12.8 Å². The molecule has 0 spiro atoms. The zero-order valence-corrected chi connectivity index (χ0v) is 9.73. The highest BCUT2D eigenvalue weighted by Crippen LogP contribution is 2.02. The van der Waals surface area contributed by atoms with Crippen LogP contribution in [0.3, 0.4) is 0 Å². The third-order valence-electron chi connectivity index (χ3n) is 2.20. The minimum atomic E-state index is -0.786. The van der Waals surface area contributed by atoms with Gasteiger partial charge in [-0.1, -0.05) is 11.6 Å². The van der Waals surface area contributed by atoms with Crippen LogP contribution in [0.5, 0.6) is 0 Å². The molecule has 0 fully saturated rings. The van der Waals surface area contributed by atoms with Gasteiger partial charge in [0.05, 0.1) is 5.69 Å². The Balaban J connectivity index is 2.11. The second-order valence-corrected chi connectivity index (χ2v) is 3.79. The van der Waals surface area contributed by atoms with E-state index in [0.29, 0.717) is 18.7 Å². The number of carbonyl (C=O) groups is 2. The number of carboxylic acids is 1. The summed E-state index contributed by atoms with van der Waals surface area (Å²) in [7, 11) is 0. The lowest BCUT2D eigenvalue weighted by atomic mass is 10.2. The van der Waals surface area contributed by atoms with Gasteiger partial charge in [0.15, 0.2) is 0 Å². The Kier molecular flexibility index (Phi) is 5.19. The number of amides is 1. The van der Waals surface area contributed by atoms with Crippen LogP contribution in [-0.2, 0) is 4.79 Å². The van der Waals surface area contributed by atoms with Crippen LogP contribution in [0.4, 0.5) is 0 Å². The van der Waals surface area contributed by atoms with E-state index in [2.05, 4.69) is 10.5 Å². The van der Waals surface area contributed by atoms with Gasteiger partial charge in [0.25, 0.3) is 5.91 Å². The second-order valence-electron chi connectivity index (χ2n) is 3.79. The fraction of sp³-hybridized carbons (Fsp3) is 0.545. The quantitative estimate of drug-likeness (QED) is 0.702. The van der Waals surface area contributed by atoms with Crippen molar-refractivity contribution >= 4 is 11.9 Å². The van der Waals surface area contributed by atoms with Gasteiger partial charge in [-0.2, -0.15) is 0 Å². The van der Waals surface area contributed by atoms with E-state index in [4.69, 9.17) is 9.63 Å². The van der Waals surface area contributed by atoms with Crippen LogP contribution >= 0.6 is 0 Å². The van der Waals surface area contributed by atoms with E-state index in [1.54, 1.807) is 13.0 Å². The number of hydrogen-bond acceptors (Lipinski definition) is 4. The molecule has 0 aliphatic heterocycles. The van der Waals surface area contributed by atoms with Gasteiger partial charge >= 0.3 is 5.97 Å². The van der Waals surface area contributed by atoms with E-state index >= 15 is 0 Å². The Morgan fingerprint density at radius 1 is 1.41 bits per heavy atom. The van der Waals surface area contributed by atoms with Crippen LogP contribution < -0.4 is 5.32 Å². The van der Waals surface area contributed by atoms with Crippen molar-refractivity contribution in [3.63, 3.8) is 0 Å². The number of rotatable bonds is 7. The van der Waals surface area contributed by atoms with Crippen molar-refractivity contribution in [2.75, 3.05) is 6.54 Å². The zero-order valence-electron chi connectivity index (χ0n) is 9.73. The standard InChI is InChI=1S/C11H16N2O4/c1-8-7-9(17-13-8)11(16)12-6-4-2-3-5-10(14)15/h7H,2-6H2,1H3,(H,12,16)(H,14,15). The summed E-state index contributed by atoms with van der Waals surface area (Å²) in [4.78, 5) is 21.7. The van der Waals surface area contributed by atoms with Gasteiger partial charge in [0.1, 0.15) is 0 Å². The monoisotopic (exact) mass is 240 g/mol. The molecule has 0 aliphatic carbocycles. The summed E-state index contributed by atoms with van der Waals surface area (Å²) in [6, 6.07) is 1.57. The average Bonchev–Trinajstić information content (AvgIpc) is 2.69. The molecule has 0 radical (unpaired) electrons. The maximum Gasteiger partial charge on any atom is 0.303 e. The minimum Gasteiger partial charge on any atom is -0.481 e. The summed E-state index contributed by atoms with van der Waals surface area (Å²) in [5.41, 5.74) is 0.664. The molecule has 0 bridgehead atoms. The van der Waals surface area contributed by atoms with Crippen LogP contribution in [0.1, 0.15) is 41.9 Å². The smallest absolute Gasteiger partial charge is 0.303 e. The minimum absolute atomic E-state index is 0.176. The zero-order chi connectivity index (χ0) is 12.7. The van der Waals surface area contributed by atoms with E-state index in [9.17, 15) is 9.59 Å². The second kappa shape index (κ2) is 6.67. The molecule has 6 heteroatoms. The summed E-state index contributed by atoms with van der Waals surface area (Å²) in [5, 5.41) is 14.7. The Morgan fingerprint density at radius 3 is 2.76 bits per heavy atom. The van der Waals surface area contributed by atoms with Crippen molar-refractivity contribution in [2.45, 2.75) is 32.6 Å². The number of aromatic nitrogens is 1. The van der Waals surface area contributed by atoms with Gasteiger partial charge in [-0.3, -0.25) is 9.59 Å². The first kappa shape index (κ1) is 13.2. The number of carboxylic acid groups (broad SMARTS) is 1. The molecule has 1 aromatic rings. The molecule has 1 aromatic heterocycles. The van der Waals surface area contributed by atoms with Crippen molar-refractivity contribution in [2.24, 2.45) is 0 Å². The highest BCUT2D eigenvalue weighted by Gasteiger charge is 2.10. The lowest BCUT2D eigenvalue weighted by molar-refractivity contribution is -0.137. The number of hydrogen-bond donors (Lipinski definition) is 2. The first-order valence-corrected chi connectivity index (χ1v) is 5.53. The van der Waals surface area contributed by atoms with E-state index in [1.807, 2.05) is 0 Å². The Hall–Kier alpha value is -1.85. The van der Waals surface area contributed by atoms with Gasteiger partial charge in [-0.15, -0.1) is 0 Å². The number of carbonyl (C=O) groups excluding carboxylic acids is 1. The molecule has 1 amide bonds. The molecular formula is C11H16N2O4. The molecule has 0 saturated carbocycles. The lowest BCUT2D eigenvalue weighted by Crippen LogP contribution is -2.23. The number of unbranched alkanes of at least 4 members (excludes halogenated alkanes) is 2. The van der Waals surface area contributed by atoms with Crippen molar-refractivity contribution in [3.05, 3.63) is 17.5 Å². The van der Waals surface area contributed by atoms with Crippen molar-refractivity contribution in [1.29, 1.82) is 0 Å². The lowest BCUT2D eigenvalue weighted by Gasteiger charge is -2.01. The summed E-state index contributed by atoms with van der Waals surface area (Å²) in [6.07, 6.45) is 2.34. The highest BCUT2D eigenvalue weighted by atomic mass is 16.5. The summed E-state index contributed by atoms with van der Waals surface area (Å²) < 4.78 is 4.80. The normalized spacial score (nSPS) is 10.2. The molecular weight excluding hydrogens is 224 g/mol. The van der Waals surface area contributed by atoms with E-state index in [-0.39, 0.29) is 18.1 Å². The van der Waals surface area contributed by atoms with Gasteiger partial charge in [0.2, 0.25) is 5.76 Å². The molecule has 0 atom stereocenters. The average molecular weight is 240 g/mol. The topological polar surface area (TPSA) is 92.4 Å². The first-order chi connectivity index (χ1) is 8.09. The Morgan fingerprint density at radius 2 is 2.18 bits per heavy atom. The van der Waals surface area contributed by atoms with Gasteiger partial charge in [0, 0.05) is 19.0 Å². The van der Waals surface area contributed by atoms with Crippen LogP contribution in [0, 0.1) is 6.92 Å². The van der Waals surface area contributed by atoms with Crippen molar-refractivity contribution < 1.29 is 19.2 Å². The number of aryl methyl sites for hydroxylation is 1. The molecule has 1 rings (SSSR count). The SMILES string of the molecule is Cc1cc(C(=O)NCCCCCC(=O)O)on1. The molecule has 6 nitrogen and oxygen atoms in total. The van der Waals surface area contributed by atoms with Crippen LogP contribution in [0.25, 0.3) is 0 Å². The fourth-order valence-electron chi connectivity index (χ4n) is 1.34. The van der Waals surface area contributed by atoms with Gasteiger partial charge < -0.3 is 14.9 Å². The van der Waals surface area contributed by atoms with Crippen LogP contribution in [-0.4, -0.2) is 28.7 Å². The molecule has 2 N–H and O–H groups in total. The summed E-state index contributed by atoms with van der Waals surface area (Å²) in [6.45, 7) is 2.25. The molecule has 17 heavy (non-hydrogen) atoms. The fourth-order valence-corrected chi connectivity index (χ4v) is 1.34. The maximum atomic E-state index is 11.5. The third kappa shape index (κ3) is 5.14. The molecule has 0 aromatic carbocycles. The largest absolute Gasteiger partial charge is 0.481 e. The van der Waals surface area contributed by atoms with Gasteiger partial charge in [-0.05, 0) is 19.8 Å². The molecule has 0 unspecified atom stereocenters. The maximum absolute atomic E-state index is 11.5. The van der Waals surface area contributed by atoms with E-state index < -0.39 is 5.97 Å². The van der Waals surface area contributed by atoms with Crippen molar-refractivity contribution in [1.82, 2.24) is 10.5 Å². The Bertz CT molecular complexity index is 387. The third-order valence-corrected chi connectivity index (χ3v) is 2.20. The van der Waals surface area contributed by atoms with Crippen LogP contribution in [0.15, 0.2) is 10.6 Å². The first-order valence-electron chi connectivity index (χ1n) is 5.53. The molecule has 0 aliphatic rings. The highest BCUT2D eigenvalue weighted by molar-refractivity contribution is 5.91. The number of nitrogens with one attached hydrogen (secondary N) is 1. The van der Waals surface area contributed by atoms with E-state index in [1.165, 1.54) is 0 Å². The predicted molar refractivity (Wildman–Crippen MR) is 59.7 cm³/mol. The number of nitrogens with zero attached hydrogens (tertiary/aromatic N) is 1.